The minimum atomic E-state index is -0.487. The van der Waals surface area contributed by atoms with Gasteiger partial charge in [0.05, 0.1) is 12.2 Å². The largest absolute Gasteiger partial charge is 0.392 e. The van der Waals surface area contributed by atoms with Crippen LogP contribution in [-0.4, -0.2) is 22.4 Å². The predicted octanol–water partition coefficient (Wildman–Crippen LogP) is 2.47. The van der Waals surface area contributed by atoms with Crippen LogP contribution in [0, 0.1) is 11.8 Å². The smallest absolute Gasteiger partial charge is 0.0656 e. The zero-order valence-corrected chi connectivity index (χ0v) is 10.4. The van der Waals surface area contributed by atoms with Crippen molar-refractivity contribution in [2.75, 3.05) is 0 Å². The topological polar surface area (TPSA) is 40.5 Å². The fourth-order valence-corrected chi connectivity index (χ4v) is 2.53. The molecule has 0 fully saturated rings. The first-order valence-corrected chi connectivity index (χ1v) is 6.23. The Labute approximate surface area is 103 Å². The maximum Gasteiger partial charge on any atom is 0.0656 e. The number of hydrogen-bond donors (Lipinski definition) is 2. The average Bonchev–Trinajstić information content (AvgIpc) is 2.45. The van der Waals surface area contributed by atoms with Crippen molar-refractivity contribution in [2.45, 2.75) is 32.5 Å². The third-order valence-electron chi connectivity index (χ3n) is 3.83. The summed E-state index contributed by atoms with van der Waals surface area (Å²) < 4.78 is 0. The number of aliphatic hydroxyl groups is 2. The molecule has 1 aliphatic rings. The van der Waals surface area contributed by atoms with E-state index in [1.54, 1.807) is 0 Å². The molecule has 0 unspecified atom stereocenters. The van der Waals surface area contributed by atoms with Crippen LogP contribution in [0.15, 0.2) is 36.4 Å². The van der Waals surface area contributed by atoms with E-state index < -0.39 is 12.2 Å². The van der Waals surface area contributed by atoms with Crippen molar-refractivity contribution < 1.29 is 10.2 Å². The summed E-state index contributed by atoms with van der Waals surface area (Å²) in [5.74, 6) is -0.0213. The third-order valence-corrected chi connectivity index (χ3v) is 3.83. The summed E-state index contributed by atoms with van der Waals surface area (Å²) in [4.78, 5) is 0. The zero-order valence-electron chi connectivity index (χ0n) is 10.4. The molecule has 2 rings (SSSR count). The highest BCUT2D eigenvalue weighted by Gasteiger charge is 2.31. The lowest BCUT2D eigenvalue weighted by Gasteiger charge is -2.26. The summed E-state index contributed by atoms with van der Waals surface area (Å²) in [5.41, 5.74) is 2.28. The summed E-state index contributed by atoms with van der Waals surface area (Å²) in [6, 6.07) is 10.1. The van der Waals surface area contributed by atoms with Crippen LogP contribution in [0.2, 0.25) is 0 Å². The molecule has 1 aromatic carbocycles. The standard InChI is InChI=1S/C15H20O2/c1-10-13(12-6-4-3-5-7-12)8-9-14(16)11(2)15(10)17/h3-8,10-11,14-17H,9H2,1-2H3/t10-,11+,14-,15-/m1/s1. The van der Waals surface area contributed by atoms with Gasteiger partial charge in [-0.15, -0.1) is 0 Å². The van der Waals surface area contributed by atoms with Crippen molar-refractivity contribution in [3.63, 3.8) is 0 Å². The summed E-state index contributed by atoms with van der Waals surface area (Å²) in [6.07, 6.45) is 1.75. The van der Waals surface area contributed by atoms with E-state index in [1.165, 1.54) is 0 Å². The van der Waals surface area contributed by atoms with E-state index in [9.17, 15) is 10.2 Å². The molecule has 4 atom stereocenters. The SMILES string of the molecule is C[C@@H]1[C@H](O)[C@H](C)C(c2ccccc2)=CC[C@H]1O. The van der Waals surface area contributed by atoms with Gasteiger partial charge in [0.1, 0.15) is 0 Å². The lowest BCUT2D eigenvalue weighted by Crippen LogP contribution is -2.32. The van der Waals surface area contributed by atoms with Gasteiger partial charge in [-0.05, 0) is 17.6 Å². The van der Waals surface area contributed by atoms with Crippen LogP contribution in [0.25, 0.3) is 5.57 Å². The first-order valence-electron chi connectivity index (χ1n) is 6.23. The van der Waals surface area contributed by atoms with Crippen molar-refractivity contribution >= 4 is 5.57 Å². The minimum Gasteiger partial charge on any atom is -0.392 e. The number of hydrogen-bond acceptors (Lipinski definition) is 2. The van der Waals surface area contributed by atoms with Crippen molar-refractivity contribution in [3.8, 4) is 0 Å². The monoisotopic (exact) mass is 232 g/mol. The molecular weight excluding hydrogens is 212 g/mol. The molecule has 0 bridgehead atoms. The highest BCUT2D eigenvalue weighted by atomic mass is 16.3. The Hall–Kier alpha value is -1.12. The Morgan fingerprint density at radius 1 is 1.06 bits per heavy atom. The molecular formula is C15H20O2. The molecule has 0 heterocycles. The molecule has 92 valence electrons. The Kier molecular flexibility index (Phi) is 3.65. The van der Waals surface area contributed by atoms with Gasteiger partial charge in [0, 0.05) is 11.8 Å². The molecule has 2 heteroatoms. The minimum absolute atomic E-state index is 0.0598. The highest BCUT2D eigenvalue weighted by Crippen LogP contribution is 2.34. The maximum absolute atomic E-state index is 10.2. The molecule has 0 spiro atoms. The van der Waals surface area contributed by atoms with Crippen molar-refractivity contribution in [3.05, 3.63) is 42.0 Å². The fourth-order valence-electron chi connectivity index (χ4n) is 2.53. The van der Waals surface area contributed by atoms with Crippen LogP contribution in [-0.2, 0) is 0 Å². The maximum atomic E-state index is 10.2. The van der Waals surface area contributed by atoms with Crippen LogP contribution < -0.4 is 0 Å². The second-order valence-electron chi connectivity index (χ2n) is 4.97. The van der Waals surface area contributed by atoms with Gasteiger partial charge in [-0.25, -0.2) is 0 Å². The molecule has 1 aliphatic carbocycles. The number of aliphatic hydroxyl groups excluding tert-OH is 2. The molecule has 2 N–H and O–H groups in total. The van der Waals surface area contributed by atoms with E-state index in [0.29, 0.717) is 6.42 Å². The normalized spacial score (nSPS) is 34.0. The van der Waals surface area contributed by atoms with Gasteiger partial charge in [0.25, 0.3) is 0 Å². The second kappa shape index (κ2) is 5.03. The van der Waals surface area contributed by atoms with Crippen molar-refractivity contribution in [1.29, 1.82) is 0 Å². The van der Waals surface area contributed by atoms with Crippen LogP contribution in [0.5, 0.6) is 0 Å². The van der Waals surface area contributed by atoms with Crippen molar-refractivity contribution in [2.24, 2.45) is 11.8 Å². The van der Waals surface area contributed by atoms with Crippen molar-refractivity contribution in [1.82, 2.24) is 0 Å². The molecule has 0 amide bonds. The summed E-state index contributed by atoms with van der Waals surface area (Å²) in [5, 5.41) is 20.1. The molecule has 17 heavy (non-hydrogen) atoms. The molecule has 0 saturated carbocycles. The molecule has 0 radical (unpaired) electrons. The first-order chi connectivity index (χ1) is 8.11. The Morgan fingerprint density at radius 2 is 1.71 bits per heavy atom. The van der Waals surface area contributed by atoms with Gasteiger partial charge in [-0.2, -0.15) is 0 Å². The van der Waals surface area contributed by atoms with Crippen LogP contribution in [0.3, 0.4) is 0 Å². The fraction of sp³-hybridized carbons (Fsp3) is 0.467. The van der Waals surface area contributed by atoms with E-state index in [2.05, 4.69) is 18.2 Å². The predicted molar refractivity (Wildman–Crippen MR) is 69.4 cm³/mol. The second-order valence-corrected chi connectivity index (χ2v) is 4.97. The Morgan fingerprint density at radius 3 is 2.35 bits per heavy atom. The van der Waals surface area contributed by atoms with E-state index in [-0.39, 0.29) is 11.8 Å². The van der Waals surface area contributed by atoms with E-state index in [1.807, 2.05) is 32.0 Å². The molecule has 0 aromatic heterocycles. The van der Waals surface area contributed by atoms with Crippen LogP contribution >= 0.6 is 0 Å². The van der Waals surface area contributed by atoms with Gasteiger partial charge in [0.2, 0.25) is 0 Å². The van der Waals surface area contributed by atoms with Gasteiger partial charge >= 0.3 is 0 Å². The van der Waals surface area contributed by atoms with Gasteiger partial charge in [-0.1, -0.05) is 50.3 Å². The van der Waals surface area contributed by atoms with Crippen LogP contribution in [0.4, 0.5) is 0 Å². The first kappa shape index (κ1) is 12.3. The average molecular weight is 232 g/mol. The van der Waals surface area contributed by atoms with Gasteiger partial charge in [0.15, 0.2) is 0 Å². The van der Waals surface area contributed by atoms with Crippen LogP contribution in [0.1, 0.15) is 25.8 Å². The molecule has 0 aliphatic heterocycles. The van der Waals surface area contributed by atoms with Gasteiger partial charge in [-0.3, -0.25) is 0 Å². The zero-order chi connectivity index (χ0) is 12.4. The van der Waals surface area contributed by atoms with E-state index in [0.717, 1.165) is 11.1 Å². The Balaban J connectivity index is 2.34. The number of rotatable bonds is 1. The third kappa shape index (κ3) is 2.43. The molecule has 2 nitrogen and oxygen atoms in total. The highest BCUT2D eigenvalue weighted by molar-refractivity contribution is 5.68. The lowest BCUT2D eigenvalue weighted by atomic mass is 9.85. The summed E-state index contributed by atoms with van der Waals surface area (Å²) >= 11 is 0. The Bertz CT molecular complexity index is 397. The summed E-state index contributed by atoms with van der Waals surface area (Å²) in [7, 11) is 0. The van der Waals surface area contributed by atoms with E-state index >= 15 is 0 Å². The van der Waals surface area contributed by atoms with E-state index in [4.69, 9.17) is 0 Å². The molecule has 1 aromatic rings. The molecule has 0 saturated heterocycles. The van der Waals surface area contributed by atoms with Gasteiger partial charge < -0.3 is 10.2 Å². The quantitative estimate of drug-likeness (QED) is 0.781. The summed E-state index contributed by atoms with van der Waals surface area (Å²) in [6.45, 7) is 3.94. The lowest BCUT2D eigenvalue weighted by molar-refractivity contribution is 0.0116. The number of benzene rings is 1.